The van der Waals surface area contributed by atoms with Gasteiger partial charge >= 0.3 is 6.03 Å². The average Bonchev–Trinajstić information content (AvgIpc) is 3.50. The van der Waals surface area contributed by atoms with Gasteiger partial charge in [0.05, 0.1) is 18.6 Å². The maximum atomic E-state index is 13.3. The van der Waals surface area contributed by atoms with Crippen molar-refractivity contribution >= 4 is 17.6 Å². The molecule has 0 radical (unpaired) electrons. The molecule has 5 rings (SSSR count). The van der Waals surface area contributed by atoms with E-state index in [9.17, 15) is 4.79 Å². The SMILES string of the molecule is Cc1nnc(C2CCCN2C(=O)N[C@H]2CCc3ccccc32)n1Cc1ccc(Cl)cc1. The van der Waals surface area contributed by atoms with Gasteiger partial charge in [0, 0.05) is 11.6 Å². The number of amides is 2. The Labute approximate surface area is 187 Å². The molecule has 2 amide bonds. The summed E-state index contributed by atoms with van der Waals surface area (Å²) in [5.41, 5.74) is 3.71. The van der Waals surface area contributed by atoms with Gasteiger partial charge in [-0.2, -0.15) is 0 Å². The lowest BCUT2D eigenvalue weighted by atomic mass is 10.1. The summed E-state index contributed by atoms with van der Waals surface area (Å²) in [6.07, 6.45) is 3.83. The van der Waals surface area contributed by atoms with Crippen LogP contribution in [0.15, 0.2) is 48.5 Å². The van der Waals surface area contributed by atoms with Crippen molar-refractivity contribution < 1.29 is 4.79 Å². The maximum Gasteiger partial charge on any atom is 0.318 e. The Morgan fingerprint density at radius 3 is 2.77 bits per heavy atom. The Morgan fingerprint density at radius 1 is 1.13 bits per heavy atom. The minimum absolute atomic E-state index is 0.0112. The second kappa shape index (κ2) is 8.35. The van der Waals surface area contributed by atoms with Gasteiger partial charge in [0.15, 0.2) is 5.82 Å². The standard InChI is InChI=1S/C24H26ClN5O/c1-16-27-28-23(30(16)15-17-8-11-19(25)12-9-17)22-7-4-14-29(22)24(31)26-21-13-10-18-5-2-3-6-20(18)21/h2-3,5-6,8-9,11-12,21-22H,4,7,10,13-15H2,1H3,(H,26,31)/t21-,22?/m0/s1. The van der Waals surface area contributed by atoms with Crippen molar-refractivity contribution in [2.75, 3.05) is 6.54 Å². The molecule has 2 atom stereocenters. The molecule has 1 unspecified atom stereocenters. The normalized spacial score (nSPS) is 20.1. The number of likely N-dealkylation sites (tertiary alicyclic amines) is 1. The zero-order valence-corrected chi connectivity index (χ0v) is 18.3. The molecule has 2 aromatic carbocycles. The Kier molecular flexibility index (Phi) is 5.40. The number of hydrogen-bond acceptors (Lipinski definition) is 3. The van der Waals surface area contributed by atoms with Gasteiger partial charge in [0.2, 0.25) is 0 Å². The van der Waals surface area contributed by atoms with Gasteiger partial charge in [-0.1, -0.05) is 48.0 Å². The molecule has 1 N–H and O–H groups in total. The van der Waals surface area contributed by atoms with E-state index in [1.54, 1.807) is 0 Å². The Balaban J connectivity index is 1.35. The highest BCUT2D eigenvalue weighted by Gasteiger charge is 2.35. The first-order valence-electron chi connectivity index (χ1n) is 10.9. The van der Waals surface area contributed by atoms with Crippen molar-refractivity contribution in [1.82, 2.24) is 25.0 Å². The summed E-state index contributed by atoms with van der Waals surface area (Å²) < 4.78 is 2.12. The first kappa shape index (κ1) is 20.1. The van der Waals surface area contributed by atoms with Gasteiger partial charge in [-0.15, -0.1) is 10.2 Å². The summed E-state index contributed by atoms with van der Waals surface area (Å²) in [4.78, 5) is 15.2. The summed E-state index contributed by atoms with van der Waals surface area (Å²) >= 11 is 6.03. The van der Waals surface area contributed by atoms with E-state index in [1.165, 1.54) is 11.1 Å². The minimum Gasteiger partial charge on any atom is -0.331 e. The van der Waals surface area contributed by atoms with E-state index in [2.05, 4.69) is 38.3 Å². The predicted molar refractivity (Wildman–Crippen MR) is 120 cm³/mol. The monoisotopic (exact) mass is 435 g/mol. The molecule has 7 heteroatoms. The molecule has 31 heavy (non-hydrogen) atoms. The zero-order chi connectivity index (χ0) is 21.4. The number of urea groups is 1. The largest absolute Gasteiger partial charge is 0.331 e. The minimum atomic E-state index is -0.0647. The molecule has 0 bridgehead atoms. The highest BCUT2D eigenvalue weighted by molar-refractivity contribution is 6.30. The molecule has 1 fully saturated rings. The average molecular weight is 436 g/mol. The van der Waals surface area contributed by atoms with Gasteiger partial charge in [0.1, 0.15) is 5.82 Å². The van der Waals surface area contributed by atoms with E-state index >= 15 is 0 Å². The van der Waals surface area contributed by atoms with Crippen LogP contribution in [0.2, 0.25) is 5.02 Å². The molecule has 1 aliphatic heterocycles. The third-order valence-corrected chi connectivity index (χ3v) is 6.71. The summed E-state index contributed by atoms with van der Waals surface area (Å²) in [7, 11) is 0. The first-order valence-corrected chi connectivity index (χ1v) is 11.3. The summed E-state index contributed by atoms with van der Waals surface area (Å²) in [5, 5.41) is 12.8. The van der Waals surface area contributed by atoms with Crippen LogP contribution in [-0.2, 0) is 13.0 Å². The van der Waals surface area contributed by atoms with Gasteiger partial charge in [0.25, 0.3) is 0 Å². The second-order valence-corrected chi connectivity index (χ2v) is 8.85. The number of carbonyl (C=O) groups is 1. The van der Waals surface area contributed by atoms with Crippen molar-refractivity contribution in [3.05, 3.63) is 81.9 Å². The van der Waals surface area contributed by atoms with E-state index in [-0.39, 0.29) is 18.1 Å². The van der Waals surface area contributed by atoms with Crippen LogP contribution in [0, 0.1) is 6.92 Å². The lowest BCUT2D eigenvalue weighted by Crippen LogP contribution is -2.41. The third-order valence-electron chi connectivity index (χ3n) is 6.46. The lowest BCUT2D eigenvalue weighted by Gasteiger charge is -2.27. The van der Waals surface area contributed by atoms with Crippen molar-refractivity contribution in [3.8, 4) is 0 Å². The molecule has 2 heterocycles. The molecule has 0 saturated carbocycles. The summed E-state index contributed by atoms with van der Waals surface area (Å²) in [6, 6.07) is 16.2. The van der Waals surface area contributed by atoms with Gasteiger partial charge in [-0.3, -0.25) is 0 Å². The van der Waals surface area contributed by atoms with Crippen LogP contribution < -0.4 is 5.32 Å². The molecule has 6 nitrogen and oxygen atoms in total. The number of carbonyl (C=O) groups excluding carboxylic acids is 1. The topological polar surface area (TPSA) is 63.1 Å². The van der Waals surface area contributed by atoms with Gasteiger partial charge in [-0.05, 0) is 61.4 Å². The number of aryl methyl sites for hydroxylation is 2. The van der Waals surface area contributed by atoms with Crippen LogP contribution >= 0.6 is 11.6 Å². The van der Waals surface area contributed by atoms with E-state index in [0.717, 1.165) is 54.5 Å². The maximum absolute atomic E-state index is 13.3. The van der Waals surface area contributed by atoms with Crippen molar-refractivity contribution in [2.45, 2.75) is 51.2 Å². The van der Waals surface area contributed by atoms with Gasteiger partial charge in [-0.25, -0.2) is 4.79 Å². The lowest BCUT2D eigenvalue weighted by molar-refractivity contribution is 0.185. The Hall–Kier alpha value is -2.86. The van der Waals surface area contributed by atoms with Gasteiger partial charge < -0.3 is 14.8 Å². The van der Waals surface area contributed by atoms with Crippen molar-refractivity contribution in [1.29, 1.82) is 0 Å². The molecule has 160 valence electrons. The molecular formula is C24H26ClN5O. The van der Waals surface area contributed by atoms with E-state index in [1.807, 2.05) is 42.2 Å². The summed E-state index contributed by atoms with van der Waals surface area (Å²) in [6.45, 7) is 3.35. The van der Waals surface area contributed by atoms with Crippen LogP contribution in [0.4, 0.5) is 4.79 Å². The number of benzene rings is 2. The number of hydrogen-bond donors (Lipinski definition) is 1. The number of aromatic nitrogens is 3. The molecule has 2 aliphatic rings. The molecule has 1 saturated heterocycles. The predicted octanol–water partition coefficient (Wildman–Crippen LogP) is 4.82. The van der Waals surface area contributed by atoms with Crippen LogP contribution in [0.5, 0.6) is 0 Å². The van der Waals surface area contributed by atoms with Crippen LogP contribution in [0.25, 0.3) is 0 Å². The molecule has 3 aromatic rings. The van der Waals surface area contributed by atoms with E-state index in [4.69, 9.17) is 11.6 Å². The second-order valence-electron chi connectivity index (χ2n) is 8.41. The smallest absolute Gasteiger partial charge is 0.318 e. The number of halogens is 1. The number of nitrogens with zero attached hydrogens (tertiary/aromatic N) is 4. The Bertz CT molecular complexity index is 1090. The highest BCUT2D eigenvalue weighted by atomic mass is 35.5. The molecule has 0 spiro atoms. The zero-order valence-electron chi connectivity index (χ0n) is 17.6. The highest BCUT2D eigenvalue weighted by Crippen LogP contribution is 2.34. The first-order chi connectivity index (χ1) is 15.1. The van der Waals surface area contributed by atoms with Crippen LogP contribution in [-0.4, -0.2) is 32.2 Å². The fourth-order valence-electron chi connectivity index (χ4n) is 4.83. The number of nitrogens with one attached hydrogen (secondary N) is 1. The number of rotatable bonds is 4. The fraction of sp³-hybridized carbons (Fsp3) is 0.375. The Morgan fingerprint density at radius 2 is 1.94 bits per heavy atom. The van der Waals surface area contributed by atoms with Crippen molar-refractivity contribution in [2.24, 2.45) is 0 Å². The molecule has 1 aliphatic carbocycles. The third kappa shape index (κ3) is 3.92. The van der Waals surface area contributed by atoms with Crippen LogP contribution in [0.1, 0.15) is 59.7 Å². The molecular weight excluding hydrogens is 410 g/mol. The van der Waals surface area contributed by atoms with E-state index in [0.29, 0.717) is 6.54 Å². The number of fused-ring (bicyclic) bond motifs is 1. The quantitative estimate of drug-likeness (QED) is 0.638. The fourth-order valence-corrected chi connectivity index (χ4v) is 4.95. The van der Waals surface area contributed by atoms with Crippen LogP contribution in [0.3, 0.4) is 0 Å². The van der Waals surface area contributed by atoms with E-state index < -0.39 is 0 Å². The molecule has 1 aromatic heterocycles. The summed E-state index contributed by atoms with van der Waals surface area (Å²) in [5.74, 6) is 1.70. The van der Waals surface area contributed by atoms with Crippen molar-refractivity contribution in [3.63, 3.8) is 0 Å².